The minimum atomic E-state index is -1.15. The van der Waals surface area contributed by atoms with Crippen molar-refractivity contribution in [2.75, 3.05) is 0 Å². The standard InChI is InChI=1S/C16H15NO4.Na/c18-13-8-6-12(7-9-13)15(16(20)21)17-14(19)10-11-4-2-1-3-5-11;/h1-9,15,18H,10H2,(H,17,19)(H,20,21);. The molecule has 1 amide bonds. The average Bonchev–Trinajstić information content (AvgIpc) is 2.47. The molecule has 0 aliphatic rings. The number of amides is 1. The largest absolute Gasteiger partial charge is 0.508 e. The van der Waals surface area contributed by atoms with Gasteiger partial charge in [-0.1, -0.05) is 42.5 Å². The predicted molar refractivity (Wildman–Crippen MR) is 82.5 cm³/mol. The third-order valence-corrected chi connectivity index (χ3v) is 2.99. The van der Waals surface area contributed by atoms with Crippen LogP contribution in [0.3, 0.4) is 0 Å². The topological polar surface area (TPSA) is 86.6 Å². The number of aliphatic carboxylic acids is 1. The van der Waals surface area contributed by atoms with Gasteiger partial charge < -0.3 is 15.5 Å². The van der Waals surface area contributed by atoms with Crippen LogP contribution in [0.5, 0.6) is 5.75 Å². The molecule has 22 heavy (non-hydrogen) atoms. The number of phenolic OH excluding ortho intramolecular Hbond substituents is 1. The Hall–Kier alpha value is -1.82. The van der Waals surface area contributed by atoms with Gasteiger partial charge >= 0.3 is 5.97 Å². The summed E-state index contributed by atoms with van der Waals surface area (Å²) in [4.78, 5) is 23.2. The number of hydrogen-bond acceptors (Lipinski definition) is 3. The fraction of sp³-hybridized carbons (Fsp3) is 0.125. The van der Waals surface area contributed by atoms with E-state index in [0.717, 1.165) is 5.56 Å². The van der Waals surface area contributed by atoms with E-state index in [0.29, 0.717) is 5.56 Å². The van der Waals surface area contributed by atoms with Crippen molar-refractivity contribution in [2.45, 2.75) is 12.5 Å². The summed E-state index contributed by atoms with van der Waals surface area (Å²) in [5.74, 6) is -1.48. The molecule has 1 unspecified atom stereocenters. The SMILES string of the molecule is O=C(Cc1ccccc1)NC(C(=O)O)c1ccc(O)cc1.[Na]. The summed E-state index contributed by atoms with van der Waals surface area (Å²) >= 11 is 0. The van der Waals surface area contributed by atoms with Crippen LogP contribution in [0.15, 0.2) is 54.6 Å². The minimum absolute atomic E-state index is 0. The third kappa shape index (κ3) is 5.18. The van der Waals surface area contributed by atoms with E-state index in [1.165, 1.54) is 24.3 Å². The fourth-order valence-corrected chi connectivity index (χ4v) is 1.95. The maximum atomic E-state index is 11.9. The number of carbonyl (C=O) groups is 2. The summed E-state index contributed by atoms with van der Waals surface area (Å²) in [6, 6.07) is 13.6. The van der Waals surface area contributed by atoms with Crippen LogP contribution in [0.2, 0.25) is 0 Å². The molecule has 5 nitrogen and oxygen atoms in total. The number of phenols is 1. The quantitative estimate of drug-likeness (QED) is 0.731. The van der Waals surface area contributed by atoms with Crippen LogP contribution in [0.25, 0.3) is 0 Å². The summed E-state index contributed by atoms with van der Waals surface area (Å²) in [6.45, 7) is 0. The van der Waals surface area contributed by atoms with Gasteiger partial charge in [0, 0.05) is 29.6 Å². The van der Waals surface area contributed by atoms with Crippen LogP contribution >= 0.6 is 0 Å². The van der Waals surface area contributed by atoms with Crippen LogP contribution in [-0.4, -0.2) is 51.6 Å². The second-order valence-corrected chi connectivity index (χ2v) is 4.59. The van der Waals surface area contributed by atoms with Gasteiger partial charge in [0.1, 0.15) is 5.75 Å². The summed E-state index contributed by atoms with van der Waals surface area (Å²) in [6.07, 6.45) is 0.114. The van der Waals surface area contributed by atoms with Gasteiger partial charge in [0.2, 0.25) is 5.91 Å². The Morgan fingerprint density at radius 3 is 2.14 bits per heavy atom. The van der Waals surface area contributed by atoms with Crippen molar-refractivity contribution >= 4 is 41.4 Å². The molecule has 0 aliphatic heterocycles. The van der Waals surface area contributed by atoms with E-state index in [1.54, 1.807) is 12.1 Å². The fourth-order valence-electron chi connectivity index (χ4n) is 1.95. The molecule has 6 heteroatoms. The number of hydrogen-bond donors (Lipinski definition) is 3. The number of rotatable bonds is 5. The number of carboxylic acids is 1. The maximum absolute atomic E-state index is 11.9. The summed E-state index contributed by atoms with van der Waals surface area (Å²) in [7, 11) is 0. The van der Waals surface area contributed by atoms with Crippen molar-refractivity contribution in [1.82, 2.24) is 5.32 Å². The zero-order valence-electron chi connectivity index (χ0n) is 12.2. The van der Waals surface area contributed by atoms with Crippen LogP contribution < -0.4 is 5.32 Å². The second-order valence-electron chi connectivity index (χ2n) is 4.59. The molecule has 0 aromatic heterocycles. The summed E-state index contributed by atoms with van der Waals surface area (Å²) in [5.41, 5.74) is 1.21. The number of aromatic hydroxyl groups is 1. The van der Waals surface area contributed by atoms with E-state index in [1.807, 2.05) is 18.2 Å². The van der Waals surface area contributed by atoms with Crippen LogP contribution in [0.4, 0.5) is 0 Å². The van der Waals surface area contributed by atoms with Crippen molar-refractivity contribution in [3.8, 4) is 5.75 Å². The molecule has 2 aromatic carbocycles. The molecule has 1 atom stereocenters. The molecule has 0 saturated heterocycles. The maximum Gasteiger partial charge on any atom is 0.330 e. The van der Waals surface area contributed by atoms with Crippen LogP contribution in [0, 0.1) is 0 Å². The van der Waals surface area contributed by atoms with Gasteiger partial charge in [-0.05, 0) is 23.3 Å². The molecular weight excluding hydrogens is 293 g/mol. The molecule has 2 aromatic rings. The van der Waals surface area contributed by atoms with E-state index >= 15 is 0 Å². The monoisotopic (exact) mass is 308 g/mol. The van der Waals surface area contributed by atoms with E-state index in [9.17, 15) is 19.8 Å². The summed E-state index contributed by atoms with van der Waals surface area (Å²) < 4.78 is 0. The first-order chi connectivity index (χ1) is 10.1. The molecule has 0 fully saturated rings. The Morgan fingerprint density at radius 1 is 1.00 bits per heavy atom. The van der Waals surface area contributed by atoms with E-state index in [4.69, 9.17) is 0 Å². The van der Waals surface area contributed by atoms with Gasteiger partial charge in [-0.15, -0.1) is 0 Å². The van der Waals surface area contributed by atoms with E-state index in [-0.39, 0.29) is 47.6 Å². The Labute approximate surface area is 150 Å². The van der Waals surface area contributed by atoms with Gasteiger partial charge in [0.05, 0.1) is 6.42 Å². The molecule has 2 rings (SSSR count). The van der Waals surface area contributed by atoms with Gasteiger partial charge in [0.25, 0.3) is 0 Å². The molecule has 0 heterocycles. The van der Waals surface area contributed by atoms with E-state index < -0.39 is 12.0 Å². The molecule has 0 aliphatic carbocycles. The summed E-state index contributed by atoms with van der Waals surface area (Å²) in [5, 5.41) is 20.9. The molecule has 0 saturated carbocycles. The Morgan fingerprint density at radius 2 is 1.59 bits per heavy atom. The van der Waals surface area contributed by atoms with Crippen LogP contribution in [-0.2, 0) is 16.0 Å². The van der Waals surface area contributed by atoms with Gasteiger partial charge in [-0.2, -0.15) is 0 Å². The molecule has 3 N–H and O–H groups in total. The van der Waals surface area contributed by atoms with Gasteiger partial charge in [-0.3, -0.25) is 4.79 Å². The average molecular weight is 308 g/mol. The Balaban J connectivity index is 0.00000242. The predicted octanol–water partition coefficient (Wildman–Crippen LogP) is 1.50. The van der Waals surface area contributed by atoms with Gasteiger partial charge in [-0.25, -0.2) is 4.79 Å². The number of benzene rings is 2. The second kappa shape index (κ2) is 8.58. The van der Waals surface area contributed by atoms with Gasteiger partial charge in [0.15, 0.2) is 6.04 Å². The first-order valence-electron chi connectivity index (χ1n) is 6.41. The van der Waals surface area contributed by atoms with E-state index in [2.05, 4.69) is 5.32 Å². The number of carboxylic acid groups (broad SMARTS) is 1. The first-order valence-corrected chi connectivity index (χ1v) is 6.41. The van der Waals surface area contributed by atoms with Crippen molar-refractivity contribution in [3.63, 3.8) is 0 Å². The zero-order valence-corrected chi connectivity index (χ0v) is 14.2. The number of carbonyl (C=O) groups excluding carboxylic acids is 1. The molecular formula is C16H15NNaO4. The molecule has 0 spiro atoms. The molecule has 0 bridgehead atoms. The zero-order chi connectivity index (χ0) is 15.2. The van der Waals surface area contributed by atoms with Crippen molar-refractivity contribution in [1.29, 1.82) is 0 Å². The van der Waals surface area contributed by atoms with Crippen LogP contribution in [0.1, 0.15) is 17.2 Å². The smallest absolute Gasteiger partial charge is 0.330 e. The van der Waals surface area contributed by atoms with Crippen molar-refractivity contribution < 1.29 is 19.8 Å². The van der Waals surface area contributed by atoms with Crippen molar-refractivity contribution in [2.24, 2.45) is 0 Å². The molecule has 109 valence electrons. The van der Waals surface area contributed by atoms with Crippen molar-refractivity contribution in [3.05, 3.63) is 65.7 Å². The Kier molecular flexibility index (Phi) is 7.11. The molecule has 1 radical (unpaired) electrons. The number of nitrogens with one attached hydrogen (secondary N) is 1. The Bertz CT molecular complexity index is 628. The minimum Gasteiger partial charge on any atom is -0.508 e. The third-order valence-electron chi connectivity index (χ3n) is 2.99. The normalized spacial score (nSPS) is 11.1. The first kappa shape index (κ1) is 18.2.